The summed E-state index contributed by atoms with van der Waals surface area (Å²) in [5.41, 5.74) is 3.14. The molecular formula is C20H28Cl2N2O3. The van der Waals surface area contributed by atoms with Gasteiger partial charge in [-0.15, -0.1) is 24.8 Å². The summed E-state index contributed by atoms with van der Waals surface area (Å²) in [6.45, 7) is 3.34. The Morgan fingerprint density at radius 2 is 1.52 bits per heavy atom. The van der Waals surface area contributed by atoms with Gasteiger partial charge in [0.05, 0.1) is 27.0 Å². The number of aromatic nitrogens is 1. The van der Waals surface area contributed by atoms with Gasteiger partial charge >= 0.3 is 0 Å². The van der Waals surface area contributed by atoms with E-state index in [9.17, 15) is 0 Å². The van der Waals surface area contributed by atoms with Crippen LogP contribution in [0.2, 0.25) is 0 Å². The fraction of sp³-hybridized carbons (Fsp3) is 0.450. The van der Waals surface area contributed by atoms with E-state index in [4.69, 9.17) is 14.2 Å². The minimum absolute atomic E-state index is 0. The van der Waals surface area contributed by atoms with Crippen LogP contribution in [0.3, 0.4) is 0 Å². The van der Waals surface area contributed by atoms with Gasteiger partial charge in [-0.25, -0.2) is 0 Å². The highest BCUT2D eigenvalue weighted by Crippen LogP contribution is 2.40. The molecule has 0 amide bonds. The van der Waals surface area contributed by atoms with Crippen molar-refractivity contribution in [3.63, 3.8) is 0 Å². The van der Waals surface area contributed by atoms with Crippen LogP contribution in [0, 0.1) is 0 Å². The van der Waals surface area contributed by atoms with Gasteiger partial charge in [-0.05, 0) is 55.8 Å². The fourth-order valence-corrected chi connectivity index (χ4v) is 3.34. The molecule has 0 spiro atoms. The van der Waals surface area contributed by atoms with Gasteiger partial charge in [0.25, 0.3) is 0 Å². The van der Waals surface area contributed by atoms with Gasteiger partial charge in [-0.2, -0.15) is 0 Å². The summed E-state index contributed by atoms with van der Waals surface area (Å²) in [4.78, 5) is 7.05. The number of rotatable bonds is 6. The van der Waals surface area contributed by atoms with E-state index in [0.29, 0.717) is 17.2 Å². The molecule has 5 nitrogen and oxygen atoms in total. The van der Waals surface area contributed by atoms with Crippen molar-refractivity contribution >= 4 is 24.8 Å². The monoisotopic (exact) mass is 414 g/mol. The molecule has 0 unspecified atom stereocenters. The zero-order valence-corrected chi connectivity index (χ0v) is 17.7. The molecule has 0 bridgehead atoms. The van der Waals surface area contributed by atoms with Crippen molar-refractivity contribution in [3.8, 4) is 28.5 Å². The summed E-state index contributed by atoms with van der Waals surface area (Å²) in [6.07, 6.45) is 5.82. The average molecular weight is 415 g/mol. The third-order valence-corrected chi connectivity index (χ3v) is 4.64. The first kappa shape index (κ1) is 23.3. The molecule has 0 aliphatic carbocycles. The average Bonchev–Trinajstić information content (AvgIpc) is 2.67. The van der Waals surface area contributed by atoms with E-state index in [2.05, 4.69) is 22.0 Å². The molecular weight excluding hydrogens is 387 g/mol. The fourth-order valence-electron chi connectivity index (χ4n) is 3.34. The smallest absolute Gasteiger partial charge is 0.203 e. The molecule has 27 heavy (non-hydrogen) atoms. The second-order valence-corrected chi connectivity index (χ2v) is 6.30. The molecule has 2 heterocycles. The van der Waals surface area contributed by atoms with Crippen molar-refractivity contribution < 1.29 is 14.2 Å². The van der Waals surface area contributed by atoms with Crippen LogP contribution in [0.25, 0.3) is 11.3 Å². The molecule has 1 aromatic heterocycles. The normalized spacial score (nSPS) is 13.9. The Hall–Kier alpha value is -1.69. The lowest BCUT2D eigenvalue weighted by molar-refractivity contribution is 0.221. The number of halogens is 2. The van der Waals surface area contributed by atoms with Crippen LogP contribution < -0.4 is 14.2 Å². The van der Waals surface area contributed by atoms with Crippen LogP contribution in [0.4, 0.5) is 0 Å². The minimum Gasteiger partial charge on any atom is -0.493 e. The molecule has 150 valence electrons. The van der Waals surface area contributed by atoms with Crippen LogP contribution in [0.1, 0.15) is 24.8 Å². The van der Waals surface area contributed by atoms with Crippen molar-refractivity contribution in [1.29, 1.82) is 0 Å². The molecule has 0 atom stereocenters. The molecule has 1 fully saturated rings. The Morgan fingerprint density at radius 3 is 2.07 bits per heavy atom. The number of piperidine rings is 1. The van der Waals surface area contributed by atoms with Crippen molar-refractivity contribution in [2.45, 2.75) is 25.8 Å². The number of likely N-dealkylation sites (tertiary alicyclic amines) is 1. The Bertz CT molecular complexity index is 697. The lowest BCUT2D eigenvalue weighted by Crippen LogP contribution is -2.29. The molecule has 7 heteroatoms. The van der Waals surface area contributed by atoms with E-state index in [1.807, 2.05) is 18.3 Å². The van der Waals surface area contributed by atoms with Crippen LogP contribution in [-0.4, -0.2) is 44.3 Å². The van der Waals surface area contributed by atoms with Crippen molar-refractivity contribution in [2.75, 3.05) is 34.4 Å². The minimum atomic E-state index is 0. The first-order valence-electron chi connectivity index (χ1n) is 8.73. The maximum absolute atomic E-state index is 5.45. The Morgan fingerprint density at radius 1 is 0.889 bits per heavy atom. The molecule has 1 aliphatic heterocycles. The van der Waals surface area contributed by atoms with E-state index in [1.54, 1.807) is 21.3 Å². The second-order valence-electron chi connectivity index (χ2n) is 6.30. The highest BCUT2D eigenvalue weighted by molar-refractivity contribution is 5.85. The van der Waals surface area contributed by atoms with Gasteiger partial charge < -0.3 is 14.2 Å². The van der Waals surface area contributed by atoms with Gasteiger partial charge in [0.1, 0.15) is 0 Å². The Balaban J connectivity index is 0.00000182. The topological polar surface area (TPSA) is 43.8 Å². The summed E-state index contributed by atoms with van der Waals surface area (Å²) >= 11 is 0. The molecule has 1 aliphatic rings. The van der Waals surface area contributed by atoms with Crippen molar-refractivity contribution in [2.24, 2.45) is 0 Å². The summed E-state index contributed by atoms with van der Waals surface area (Å²) < 4.78 is 16.3. The zero-order chi connectivity index (χ0) is 17.6. The number of hydrogen-bond donors (Lipinski definition) is 0. The quantitative estimate of drug-likeness (QED) is 0.690. The van der Waals surface area contributed by atoms with E-state index >= 15 is 0 Å². The number of methoxy groups -OCH3 is 3. The molecule has 2 aromatic rings. The molecule has 3 rings (SSSR count). The highest BCUT2D eigenvalue weighted by Gasteiger charge is 2.15. The maximum Gasteiger partial charge on any atom is 0.203 e. The summed E-state index contributed by atoms with van der Waals surface area (Å²) in [5.74, 6) is 1.87. The van der Waals surface area contributed by atoms with Crippen LogP contribution in [0.15, 0.2) is 30.5 Å². The molecule has 0 saturated carbocycles. The number of nitrogens with zero attached hydrogens (tertiary/aromatic N) is 2. The standard InChI is InChI=1S/C20H26N2O3.2ClH/c1-23-18-12-16(13-19(24-2)20(18)25-3)17-11-15(7-8-21-17)14-22-9-5-4-6-10-22;;/h7-8,11-13H,4-6,9-10,14H2,1-3H3;2*1H. The van der Waals surface area contributed by atoms with E-state index in [1.165, 1.54) is 37.9 Å². The zero-order valence-electron chi connectivity index (χ0n) is 16.1. The second kappa shape index (κ2) is 11.2. The number of ether oxygens (including phenoxy) is 3. The summed E-state index contributed by atoms with van der Waals surface area (Å²) in [7, 11) is 4.86. The first-order chi connectivity index (χ1) is 12.2. The van der Waals surface area contributed by atoms with Crippen molar-refractivity contribution in [1.82, 2.24) is 9.88 Å². The van der Waals surface area contributed by atoms with Gasteiger partial charge in [0, 0.05) is 18.3 Å². The van der Waals surface area contributed by atoms with Crippen LogP contribution >= 0.6 is 24.8 Å². The number of pyridine rings is 1. The Kier molecular flexibility index (Phi) is 9.70. The lowest BCUT2D eigenvalue weighted by atomic mass is 10.1. The van der Waals surface area contributed by atoms with E-state index in [-0.39, 0.29) is 24.8 Å². The van der Waals surface area contributed by atoms with Crippen LogP contribution in [0.5, 0.6) is 17.2 Å². The third kappa shape index (κ3) is 5.64. The van der Waals surface area contributed by atoms with Gasteiger partial charge in [0.15, 0.2) is 11.5 Å². The third-order valence-electron chi connectivity index (χ3n) is 4.64. The molecule has 1 aromatic carbocycles. The van der Waals surface area contributed by atoms with Gasteiger partial charge in [0.2, 0.25) is 5.75 Å². The predicted octanol–water partition coefficient (Wildman–Crippen LogP) is 4.60. The Labute approximate surface area is 173 Å². The molecule has 0 radical (unpaired) electrons. The van der Waals surface area contributed by atoms with E-state index < -0.39 is 0 Å². The SMILES string of the molecule is COc1cc(-c2cc(CN3CCCCC3)ccn2)cc(OC)c1OC.Cl.Cl. The molecule has 0 N–H and O–H groups in total. The summed E-state index contributed by atoms with van der Waals surface area (Å²) in [5, 5.41) is 0. The molecule has 1 saturated heterocycles. The first-order valence-corrected chi connectivity index (χ1v) is 8.73. The number of hydrogen-bond acceptors (Lipinski definition) is 5. The number of benzene rings is 1. The summed E-state index contributed by atoms with van der Waals surface area (Å²) in [6, 6.07) is 8.12. The van der Waals surface area contributed by atoms with Crippen molar-refractivity contribution in [3.05, 3.63) is 36.0 Å². The maximum atomic E-state index is 5.45. The predicted molar refractivity (Wildman–Crippen MR) is 113 cm³/mol. The largest absolute Gasteiger partial charge is 0.493 e. The van der Waals surface area contributed by atoms with Gasteiger partial charge in [-0.3, -0.25) is 9.88 Å². The highest BCUT2D eigenvalue weighted by atomic mass is 35.5. The van der Waals surface area contributed by atoms with E-state index in [0.717, 1.165) is 17.8 Å². The van der Waals surface area contributed by atoms with Crippen LogP contribution in [-0.2, 0) is 6.54 Å². The van der Waals surface area contributed by atoms with Gasteiger partial charge in [-0.1, -0.05) is 6.42 Å². The lowest BCUT2D eigenvalue weighted by Gasteiger charge is -2.26.